The van der Waals surface area contributed by atoms with E-state index in [9.17, 15) is 8.42 Å². The number of rotatable bonds is 9. The van der Waals surface area contributed by atoms with E-state index in [1.807, 2.05) is 0 Å². The number of hydrogen-bond donors (Lipinski definition) is 3. The maximum absolute atomic E-state index is 11.8. The van der Waals surface area contributed by atoms with Gasteiger partial charge in [-0.05, 0) is 31.1 Å². The van der Waals surface area contributed by atoms with Gasteiger partial charge in [-0.15, -0.1) is 0 Å². The maximum Gasteiger partial charge on any atom is 0.213 e. The molecule has 0 atom stereocenters. The molecule has 6 nitrogen and oxygen atoms in total. The lowest BCUT2D eigenvalue weighted by Gasteiger charge is -2.25. The van der Waals surface area contributed by atoms with E-state index in [0.29, 0.717) is 30.9 Å². The van der Waals surface area contributed by atoms with Crippen molar-refractivity contribution in [2.45, 2.75) is 39.5 Å². The summed E-state index contributed by atoms with van der Waals surface area (Å²) in [6.45, 7) is 6.12. The summed E-state index contributed by atoms with van der Waals surface area (Å²) in [7, 11) is -1.50. The first-order valence-corrected chi connectivity index (χ1v) is 9.50. The second kappa shape index (κ2) is 9.25. The molecule has 124 valence electrons. The molecule has 1 fully saturated rings. The molecule has 0 aromatic carbocycles. The molecule has 0 spiro atoms. The van der Waals surface area contributed by atoms with Gasteiger partial charge >= 0.3 is 0 Å². The van der Waals surface area contributed by atoms with Gasteiger partial charge in [0, 0.05) is 26.7 Å². The zero-order chi connectivity index (χ0) is 15.7. The zero-order valence-corrected chi connectivity index (χ0v) is 14.3. The van der Waals surface area contributed by atoms with E-state index in [1.165, 1.54) is 6.42 Å². The molecule has 21 heavy (non-hydrogen) atoms. The van der Waals surface area contributed by atoms with Gasteiger partial charge in [-0.3, -0.25) is 4.99 Å². The largest absolute Gasteiger partial charge is 0.356 e. The zero-order valence-electron chi connectivity index (χ0n) is 13.5. The lowest BCUT2D eigenvalue weighted by molar-refractivity contribution is 0.316. The highest BCUT2D eigenvalue weighted by molar-refractivity contribution is 7.89. The summed E-state index contributed by atoms with van der Waals surface area (Å²) < 4.78 is 26.4. The van der Waals surface area contributed by atoms with Crippen molar-refractivity contribution < 1.29 is 8.42 Å². The molecule has 1 aliphatic carbocycles. The summed E-state index contributed by atoms with van der Waals surface area (Å²) in [5, 5.41) is 6.21. The van der Waals surface area contributed by atoms with E-state index < -0.39 is 10.0 Å². The fourth-order valence-electron chi connectivity index (χ4n) is 2.02. The van der Waals surface area contributed by atoms with Crippen molar-refractivity contribution in [1.29, 1.82) is 0 Å². The summed E-state index contributed by atoms with van der Waals surface area (Å²) in [6.07, 6.45) is 4.58. The van der Waals surface area contributed by atoms with Crippen LogP contribution in [0.4, 0.5) is 0 Å². The van der Waals surface area contributed by atoms with Crippen molar-refractivity contribution in [3.8, 4) is 0 Å². The minimum atomic E-state index is -3.19. The van der Waals surface area contributed by atoms with Gasteiger partial charge in [-0.25, -0.2) is 13.1 Å². The van der Waals surface area contributed by atoms with Crippen LogP contribution < -0.4 is 15.4 Å². The van der Waals surface area contributed by atoms with Crippen molar-refractivity contribution in [1.82, 2.24) is 15.4 Å². The SMILES string of the molecule is CN=C(NCCC(C)C)NCCS(=O)(=O)NCC1CCC1. The lowest BCUT2D eigenvalue weighted by atomic mass is 9.86. The number of nitrogens with one attached hydrogen (secondary N) is 3. The van der Waals surface area contributed by atoms with E-state index in [1.54, 1.807) is 7.05 Å². The van der Waals surface area contributed by atoms with Gasteiger partial charge in [-0.1, -0.05) is 20.3 Å². The Morgan fingerprint density at radius 1 is 1.24 bits per heavy atom. The second-order valence-electron chi connectivity index (χ2n) is 6.07. The normalized spacial score (nSPS) is 16.9. The van der Waals surface area contributed by atoms with Crippen molar-refractivity contribution in [2.75, 3.05) is 32.4 Å². The Morgan fingerprint density at radius 3 is 2.43 bits per heavy atom. The van der Waals surface area contributed by atoms with Crippen molar-refractivity contribution >= 4 is 16.0 Å². The summed E-state index contributed by atoms with van der Waals surface area (Å²) in [6, 6.07) is 0. The Bertz CT molecular complexity index is 417. The van der Waals surface area contributed by atoms with Crippen LogP contribution in [0.1, 0.15) is 39.5 Å². The van der Waals surface area contributed by atoms with Gasteiger partial charge in [0.05, 0.1) is 5.75 Å². The number of aliphatic imine (C=N–C) groups is 1. The molecule has 3 N–H and O–H groups in total. The average molecular weight is 318 g/mol. The van der Waals surface area contributed by atoms with Crippen LogP contribution in [0.15, 0.2) is 4.99 Å². The Balaban J connectivity index is 2.17. The molecule has 0 amide bonds. The highest BCUT2D eigenvalue weighted by Gasteiger charge is 2.19. The maximum atomic E-state index is 11.8. The summed E-state index contributed by atoms with van der Waals surface area (Å²) in [5.41, 5.74) is 0. The molecule has 0 radical (unpaired) electrons. The van der Waals surface area contributed by atoms with E-state index in [4.69, 9.17) is 0 Å². The van der Waals surface area contributed by atoms with Gasteiger partial charge in [0.25, 0.3) is 0 Å². The van der Waals surface area contributed by atoms with E-state index in [-0.39, 0.29) is 5.75 Å². The first-order valence-electron chi connectivity index (χ1n) is 7.85. The van der Waals surface area contributed by atoms with Crippen LogP contribution in [0, 0.1) is 11.8 Å². The minimum absolute atomic E-state index is 0.0740. The summed E-state index contributed by atoms with van der Waals surface area (Å²) in [4.78, 5) is 4.08. The molecule has 1 saturated carbocycles. The highest BCUT2D eigenvalue weighted by Crippen LogP contribution is 2.25. The second-order valence-corrected chi connectivity index (χ2v) is 8.00. The van der Waals surface area contributed by atoms with Crippen LogP contribution in [0.25, 0.3) is 0 Å². The fraction of sp³-hybridized carbons (Fsp3) is 0.929. The van der Waals surface area contributed by atoms with Gasteiger partial charge in [0.2, 0.25) is 10.0 Å². The molecular formula is C14H30N4O2S. The van der Waals surface area contributed by atoms with Crippen molar-refractivity contribution in [2.24, 2.45) is 16.8 Å². The molecule has 0 saturated heterocycles. The minimum Gasteiger partial charge on any atom is -0.356 e. The van der Waals surface area contributed by atoms with Crippen LogP contribution >= 0.6 is 0 Å². The van der Waals surface area contributed by atoms with Crippen LogP contribution in [-0.2, 0) is 10.0 Å². The quantitative estimate of drug-likeness (QED) is 0.436. The Morgan fingerprint density at radius 2 is 1.90 bits per heavy atom. The first-order chi connectivity index (χ1) is 9.93. The number of sulfonamides is 1. The van der Waals surface area contributed by atoms with E-state index in [2.05, 4.69) is 34.2 Å². The summed E-state index contributed by atoms with van der Waals surface area (Å²) >= 11 is 0. The lowest BCUT2D eigenvalue weighted by Crippen LogP contribution is -2.42. The highest BCUT2D eigenvalue weighted by atomic mass is 32.2. The molecule has 0 aliphatic heterocycles. The van der Waals surface area contributed by atoms with Gasteiger partial charge < -0.3 is 10.6 Å². The van der Waals surface area contributed by atoms with Gasteiger partial charge in [0.1, 0.15) is 0 Å². The van der Waals surface area contributed by atoms with Crippen LogP contribution in [0.5, 0.6) is 0 Å². The third-order valence-electron chi connectivity index (χ3n) is 3.72. The van der Waals surface area contributed by atoms with Gasteiger partial charge in [0.15, 0.2) is 5.96 Å². The third kappa shape index (κ3) is 8.26. The molecule has 0 bridgehead atoms. The third-order valence-corrected chi connectivity index (χ3v) is 5.07. The topological polar surface area (TPSA) is 82.6 Å². The Kier molecular flexibility index (Phi) is 8.03. The number of nitrogens with zero attached hydrogens (tertiary/aromatic N) is 1. The molecule has 0 aromatic heterocycles. The monoisotopic (exact) mass is 318 g/mol. The fourth-order valence-corrected chi connectivity index (χ4v) is 3.02. The van der Waals surface area contributed by atoms with Crippen molar-refractivity contribution in [3.63, 3.8) is 0 Å². The average Bonchev–Trinajstić information content (AvgIpc) is 2.34. The smallest absolute Gasteiger partial charge is 0.213 e. The molecule has 1 aliphatic rings. The predicted octanol–water partition coefficient (Wildman–Crippen LogP) is 0.917. The van der Waals surface area contributed by atoms with Crippen LogP contribution in [0.2, 0.25) is 0 Å². The Labute approximate surface area is 129 Å². The molecule has 0 aromatic rings. The van der Waals surface area contributed by atoms with Crippen molar-refractivity contribution in [3.05, 3.63) is 0 Å². The predicted molar refractivity (Wildman–Crippen MR) is 87.9 cm³/mol. The molecule has 0 heterocycles. The first kappa shape index (κ1) is 18.2. The Hall–Kier alpha value is -0.820. The van der Waals surface area contributed by atoms with E-state index >= 15 is 0 Å². The molecule has 1 rings (SSSR count). The molecule has 0 unspecified atom stereocenters. The van der Waals surface area contributed by atoms with Crippen LogP contribution in [-0.4, -0.2) is 46.8 Å². The van der Waals surface area contributed by atoms with E-state index in [0.717, 1.165) is 25.8 Å². The van der Waals surface area contributed by atoms with Crippen LogP contribution in [0.3, 0.4) is 0 Å². The number of hydrogen-bond acceptors (Lipinski definition) is 3. The van der Waals surface area contributed by atoms with Gasteiger partial charge in [-0.2, -0.15) is 0 Å². The molecule has 7 heteroatoms. The number of guanidine groups is 1. The summed E-state index contributed by atoms with van der Waals surface area (Å²) in [5.74, 6) is 1.90. The standard InChI is InChI=1S/C14H30N4O2S/c1-12(2)7-8-16-14(15-3)17-9-10-21(19,20)18-11-13-5-4-6-13/h12-13,18H,4-11H2,1-3H3,(H2,15,16,17). The molecular weight excluding hydrogens is 288 g/mol.